The summed E-state index contributed by atoms with van der Waals surface area (Å²) in [7, 11) is 0. The molecule has 0 N–H and O–H groups in total. The van der Waals surface area contributed by atoms with Gasteiger partial charge < -0.3 is 9.64 Å². The second kappa shape index (κ2) is 9.60. The molecule has 1 aromatic rings. The third-order valence-corrected chi connectivity index (χ3v) is 6.14. The fraction of sp³-hybridized carbons (Fsp3) is 0.650. The van der Waals surface area contributed by atoms with Crippen LogP contribution in [0.3, 0.4) is 0 Å². The number of rotatable bonds is 8. The van der Waals surface area contributed by atoms with Crippen molar-refractivity contribution in [2.45, 2.75) is 32.2 Å². The van der Waals surface area contributed by atoms with Gasteiger partial charge in [-0.25, -0.2) is 0 Å². The highest BCUT2D eigenvalue weighted by Crippen LogP contribution is 2.18. The summed E-state index contributed by atoms with van der Waals surface area (Å²) in [5.74, 6) is 3.33. The molecule has 0 saturated carbocycles. The number of likely N-dealkylation sites (tertiary alicyclic amines) is 1. The van der Waals surface area contributed by atoms with E-state index in [4.69, 9.17) is 4.74 Å². The lowest BCUT2D eigenvalue weighted by Crippen LogP contribution is -2.43. The molecule has 2 fully saturated rings. The number of Topliss-reactive ketones (excluding diaryl/α,β-unsaturated/α-hetero) is 1. The quantitative estimate of drug-likeness (QED) is 0.524. The summed E-state index contributed by atoms with van der Waals surface area (Å²) in [5, 5.41) is 0. The number of thioether (sulfide) groups is 1. The van der Waals surface area contributed by atoms with Crippen LogP contribution in [0, 0.1) is 0 Å². The summed E-state index contributed by atoms with van der Waals surface area (Å²) in [4.78, 5) is 17.5. The van der Waals surface area contributed by atoms with Crippen LogP contribution in [0.1, 0.15) is 36.5 Å². The van der Waals surface area contributed by atoms with Crippen molar-refractivity contribution in [2.24, 2.45) is 0 Å². The third-order valence-electron chi connectivity index (χ3n) is 5.20. The van der Waals surface area contributed by atoms with E-state index in [0.29, 0.717) is 0 Å². The molecule has 1 atom stereocenters. The van der Waals surface area contributed by atoms with Gasteiger partial charge in [-0.05, 0) is 63.5 Å². The normalized spacial score (nSPS) is 20.5. The van der Waals surface area contributed by atoms with Crippen LogP contribution >= 0.6 is 11.8 Å². The average molecular weight is 363 g/mol. The largest absolute Gasteiger partial charge is 0.494 e. The molecular formula is C20H30N2O2S. The highest BCUT2D eigenvalue weighted by molar-refractivity contribution is 7.99. The summed E-state index contributed by atoms with van der Waals surface area (Å²) >= 11 is 1.97. The number of carbonyl (C=O) groups is 1. The first-order valence-electron chi connectivity index (χ1n) is 9.55. The second-order valence-corrected chi connectivity index (χ2v) is 8.19. The smallest absolute Gasteiger partial charge is 0.179 e. The SMILES string of the molecule is CC(C(=O)c1ccc(OCCCN2CCCC2)cc1)N1CCSCC1. The molecule has 1 aromatic carbocycles. The van der Waals surface area contributed by atoms with E-state index < -0.39 is 0 Å². The molecule has 0 radical (unpaired) electrons. The Hall–Kier alpha value is -1.04. The van der Waals surface area contributed by atoms with Crippen LogP contribution in [0.4, 0.5) is 0 Å². The number of hydrogen-bond donors (Lipinski definition) is 0. The number of hydrogen-bond acceptors (Lipinski definition) is 5. The molecule has 5 heteroatoms. The maximum absolute atomic E-state index is 12.7. The van der Waals surface area contributed by atoms with E-state index in [1.165, 1.54) is 25.9 Å². The second-order valence-electron chi connectivity index (χ2n) is 6.96. The predicted molar refractivity (Wildman–Crippen MR) is 105 cm³/mol. The molecule has 2 saturated heterocycles. The molecule has 25 heavy (non-hydrogen) atoms. The molecule has 0 bridgehead atoms. The van der Waals surface area contributed by atoms with E-state index in [-0.39, 0.29) is 11.8 Å². The molecule has 1 unspecified atom stereocenters. The Morgan fingerprint density at radius 3 is 2.48 bits per heavy atom. The van der Waals surface area contributed by atoms with Crippen molar-refractivity contribution in [2.75, 3.05) is 50.8 Å². The van der Waals surface area contributed by atoms with Crippen molar-refractivity contribution in [1.29, 1.82) is 0 Å². The minimum absolute atomic E-state index is 0.0341. The van der Waals surface area contributed by atoms with Crippen LogP contribution < -0.4 is 4.74 Å². The zero-order chi connectivity index (χ0) is 17.5. The van der Waals surface area contributed by atoms with Gasteiger partial charge in [-0.1, -0.05) is 0 Å². The number of ether oxygens (including phenoxy) is 1. The Morgan fingerprint density at radius 1 is 1.12 bits per heavy atom. The van der Waals surface area contributed by atoms with E-state index in [1.54, 1.807) is 0 Å². The van der Waals surface area contributed by atoms with Crippen molar-refractivity contribution in [1.82, 2.24) is 9.80 Å². The minimum Gasteiger partial charge on any atom is -0.494 e. The Labute approximate surface area is 155 Å². The fourth-order valence-electron chi connectivity index (χ4n) is 3.57. The summed E-state index contributed by atoms with van der Waals surface area (Å²) in [6.45, 7) is 8.40. The molecule has 2 heterocycles. The average Bonchev–Trinajstić information content (AvgIpc) is 3.19. The summed E-state index contributed by atoms with van der Waals surface area (Å²) in [6.07, 6.45) is 3.74. The van der Waals surface area contributed by atoms with Crippen molar-refractivity contribution in [3.8, 4) is 5.75 Å². The Balaban J connectivity index is 1.43. The van der Waals surface area contributed by atoms with E-state index in [9.17, 15) is 4.79 Å². The fourth-order valence-corrected chi connectivity index (χ4v) is 4.50. The first-order valence-corrected chi connectivity index (χ1v) is 10.7. The zero-order valence-corrected chi connectivity index (χ0v) is 16.1. The van der Waals surface area contributed by atoms with Crippen LogP contribution in [0.2, 0.25) is 0 Å². The Kier molecular flexibility index (Phi) is 7.20. The molecule has 4 nitrogen and oxygen atoms in total. The number of carbonyl (C=O) groups excluding carboxylic acids is 1. The van der Waals surface area contributed by atoms with Gasteiger partial charge in [0.2, 0.25) is 0 Å². The summed E-state index contributed by atoms with van der Waals surface area (Å²) in [6, 6.07) is 7.65. The molecule has 0 aliphatic carbocycles. The lowest BCUT2D eigenvalue weighted by Gasteiger charge is -2.31. The molecule has 3 rings (SSSR count). The number of nitrogens with zero attached hydrogens (tertiary/aromatic N) is 2. The molecule has 0 amide bonds. The summed E-state index contributed by atoms with van der Waals surface area (Å²) < 4.78 is 5.83. The van der Waals surface area contributed by atoms with Crippen molar-refractivity contribution >= 4 is 17.5 Å². The first kappa shape index (κ1) is 18.7. The van der Waals surface area contributed by atoms with Crippen LogP contribution in [-0.2, 0) is 0 Å². The Morgan fingerprint density at radius 2 is 1.80 bits per heavy atom. The molecular weight excluding hydrogens is 332 g/mol. The van der Waals surface area contributed by atoms with Crippen LogP contribution in [0.5, 0.6) is 5.75 Å². The highest BCUT2D eigenvalue weighted by Gasteiger charge is 2.23. The maximum atomic E-state index is 12.7. The molecule has 138 valence electrons. The van der Waals surface area contributed by atoms with Crippen LogP contribution in [0.15, 0.2) is 24.3 Å². The van der Waals surface area contributed by atoms with Gasteiger partial charge in [-0.15, -0.1) is 0 Å². The van der Waals surface area contributed by atoms with Gasteiger partial charge in [0, 0.05) is 36.7 Å². The van der Waals surface area contributed by atoms with Crippen molar-refractivity contribution in [3.63, 3.8) is 0 Å². The van der Waals surface area contributed by atoms with Gasteiger partial charge in [0.1, 0.15) is 5.75 Å². The zero-order valence-electron chi connectivity index (χ0n) is 15.3. The molecule has 0 aromatic heterocycles. The van der Waals surface area contributed by atoms with E-state index in [2.05, 4.69) is 9.80 Å². The van der Waals surface area contributed by atoms with Crippen LogP contribution in [-0.4, -0.2) is 72.5 Å². The number of benzene rings is 1. The predicted octanol–water partition coefficient (Wildman–Crippen LogP) is 3.17. The molecule has 2 aliphatic rings. The molecule has 2 aliphatic heterocycles. The number of ketones is 1. The van der Waals surface area contributed by atoms with E-state index in [0.717, 1.165) is 55.5 Å². The summed E-state index contributed by atoms with van der Waals surface area (Å²) in [5.41, 5.74) is 0.787. The Bertz CT molecular complexity index is 537. The van der Waals surface area contributed by atoms with Crippen molar-refractivity contribution in [3.05, 3.63) is 29.8 Å². The van der Waals surface area contributed by atoms with Gasteiger partial charge in [0.15, 0.2) is 5.78 Å². The van der Waals surface area contributed by atoms with Crippen LogP contribution in [0.25, 0.3) is 0 Å². The monoisotopic (exact) mass is 362 g/mol. The van der Waals surface area contributed by atoms with E-state index >= 15 is 0 Å². The van der Waals surface area contributed by atoms with E-state index in [1.807, 2.05) is 43.0 Å². The van der Waals surface area contributed by atoms with Gasteiger partial charge in [0.05, 0.1) is 12.6 Å². The lowest BCUT2D eigenvalue weighted by atomic mass is 10.0. The van der Waals surface area contributed by atoms with Gasteiger partial charge in [-0.2, -0.15) is 11.8 Å². The minimum atomic E-state index is -0.0341. The maximum Gasteiger partial charge on any atom is 0.179 e. The standard InChI is InChI=1S/C20H30N2O2S/c1-17(22-12-15-25-16-13-22)20(23)18-5-7-19(8-6-18)24-14-4-11-21-9-2-3-10-21/h5-8,17H,2-4,9-16H2,1H3. The van der Waals surface area contributed by atoms with Crippen molar-refractivity contribution < 1.29 is 9.53 Å². The van der Waals surface area contributed by atoms with Gasteiger partial charge in [0.25, 0.3) is 0 Å². The first-order chi connectivity index (χ1) is 12.2. The molecule has 0 spiro atoms. The lowest BCUT2D eigenvalue weighted by molar-refractivity contribution is 0.0851. The van der Waals surface area contributed by atoms with Gasteiger partial charge in [-0.3, -0.25) is 9.69 Å². The highest BCUT2D eigenvalue weighted by atomic mass is 32.2. The third kappa shape index (κ3) is 5.47. The van der Waals surface area contributed by atoms with Gasteiger partial charge >= 0.3 is 0 Å². The topological polar surface area (TPSA) is 32.8 Å².